The van der Waals surface area contributed by atoms with Gasteiger partial charge in [-0.3, -0.25) is 4.79 Å². The van der Waals surface area contributed by atoms with Crippen LogP contribution in [-0.4, -0.2) is 4.57 Å². The highest BCUT2D eigenvalue weighted by Crippen LogP contribution is 2.30. The number of hydrogen-bond donors (Lipinski definition) is 1. The summed E-state index contributed by atoms with van der Waals surface area (Å²) in [6.07, 6.45) is 0. The molecule has 0 aliphatic heterocycles. The van der Waals surface area contributed by atoms with Gasteiger partial charge in [-0.05, 0) is 25.1 Å². The quantitative estimate of drug-likeness (QED) is 0.775. The van der Waals surface area contributed by atoms with Gasteiger partial charge in [-0.1, -0.05) is 29.8 Å². The minimum absolute atomic E-state index is 0.0207. The molecule has 2 heterocycles. The smallest absolute Gasteiger partial charge is 0.252 e. The highest BCUT2D eigenvalue weighted by molar-refractivity contribution is 7.16. The predicted molar refractivity (Wildman–Crippen MR) is 90.6 cm³/mol. The summed E-state index contributed by atoms with van der Waals surface area (Å²) in [7, 11) is 1.79. The number of rotatable bonds is 3. The van der Waals surface area contributed by atoms with E-state index in [4.69, 9.17) is 11.6 Å². The van der Waals surface area contributed by atoms with Crippen molar-refractivity contribution in [1.29, 1.82) is 0 Å². The van der Waals surface area contributed by atoms with E-state index in [-0.39, 0.29) is 11.6 Å². The molecule has 1 aromatic carbocycles. The number of aryl methyl sites for hydroxylation is 1. The van der Waals surface area contributed by atoms with Gasteiger partial charge in [0.2, 0.25) is 0 Å². The summed E-state index contributed by atoms with van der Waals surface area (Å²) >= 11 is 7.53. The fourth-order valence-electron chi connectivity index (χ4n) is 2.40. The molecule has 0 saturated carbocycles. The van der Waals surface area contributed by atoms with Gasteiger partial charge in [0.05, 0.1) is 15.9 Å². The van der Waals surface area contributed by atoms with Gasteiger partial charge in [-0.15, -0.1) is 11.3 Å². The third kappa shape index (κ3) is 2.69. The van der Waals surface area contributed by atoms with Crippen molar-refractivity contribution in [1.82, 2.24) is 4.57 Å². The zero-order valence-corrected chi connectivity index (χ0v) is 13.3. The highest BCUT2D eigenvalue weighted by Gasteiger charge is 2.11. The van der Waals surface area contributed by atoms with Crippen LogP contribution in [-0.2, 0) is 7.05 Å². The molecule has 0 aliphatic carbocycles. The second-order valence-corrected chi connectivity index (χ2v) is 6.73. The zero-order chi connectivity index (χ0) is 15.0. The average molecular weight is 319 g/mol. The van der Waals surface area contributed by atoms with Gasteiger partial charge in [-0.2, -0.15) is 0 Å². The standard InChI is InChI=1S/C16H15ClN2OS/c1-10(14-7-8-15(17)21-14)18-12-9-16(20)19(2)13-6-4-3-5-11(12)13/h3-10,18H,1-2H3. The van der Waals surface area contributed by atoms with Crippen LogP contribution in [0.25, 0.3) is 10.9 Å². The Balaban J connectivity index is 2.05. The Kier molecular flexibility index (Phi) is 3.74. The summed E-state index contributed by atoms with van der Waals surface area (Å²) in [5.41, 5.74) is 1.75. The van der Waals surface area contributed by atoms with E-state index in [9.17, 15) is 4.79 Å². The third-order valence-corrected chi connectivity index (χ3v) is 4.96. The molecule has 0 radical (unpaired) electrons. The second kappa shape index (κ2) is 5.54. The molecule has 0 bridgehead atoms. The highest BCUT2D eigenvalue weighted by atomic mass is 35.5. The fourth-order valence-corrected chi connectivity index (χ4v) is 3.46. The van der Waals surface area contributed by atoms with Gasteiger partial charge in [0.15, 0.2) is 0 Å². The van der Waals surface area contributed by atoms with Crippen LogP contribution in [0.1, 0.15) is 17.8 Å². The Morgan fingerprint density at radius 3 is 2.71 bits per heavy atom. The molecule has 21 heavy (non-hydrogen) atoms. The summed E-state index contributed by atoms with van der Waals surface area (Å²) in [6.45, 7) is 2.06. The minimum atomic E-state index is -0.0207. The van der Waals surface area contributed by atoms with Crippen LogP contribution < -0.4 is 10.9 Å². The number of hydrogen-bond acceptors (Lipinski definition) is 3. The maximum atomic E-state index is 12.1. The summed E-state index contributed by atoms with van der Waals surface area (Å²) in [5.74, 6) is 0. The average Bonchev–Trinajstić information content (AvgIpc) is 2.91. The van der Waals surface area contributed by atoms with Crippen LogP contribution >= 0.6 is 22.9 Å². The van der Waals surface area contributed by atoms with E-state index < -0.39 is 0 Å². The number of anilines is 1. The number of para-hydroxylation sites is 1. The lowest BCUT2D eigenvalue weighted by molar-refractivity contribution is 0.888. The lowest BCUT2D eigenvalue weighted by atomic mass is 10.1. The molecule has 0 amide bonds. The van der Waals surface area contributed by atoms with E-state index >= 15 is 0 Å². The predicted octanol–water partition coefficient (Wildman–Crippen LogP) is 4.43. The molecular weight excluding hydrogens is 304 g/mol. The van der Waals surface area contributed by atoms with Crippen molar-refractivity contribution in [2.45, 2.75) is 13.0 Å². The van der Waals surface area contributed by atoms with Crippen LogP contribution in [0.15, 0.2) is 47.3 Å². The largest absolute Gasteiger partial charge is 0.377 e. The SMILES string of the molecule is CC(Nc1cc(=O)n(C)c2ccccc12)c1ccc(Cl)s1. The van der Waals surface area contributed by atoms with Crippen LogP contribution in [0.5, 0.6) is 0 Å². The first kappa shape index (κ1) is 14.2. The van der Waals surface area contributed by atoms with Crippen LogP contribution in [0.4, 0.5) is 5.69 Å². The molecule has 1 unspecified atom stereocenters. The Bertz CT molecular complexity index is 853. The monoisotopic (exact) mass is 318 g/mol. The molecule has 0 fully saturated rings. The zero-order valence-electron chi connectivity index (χ0n) is 11.8. The number of nitrogens with zero attached hydrogens (tertiary/aromatic N) is 1. The summed E-state index contributed by atoms with van der Waals surface area (Å²) in [4.78, 5) is 13.2. The topological polar surface area (TPSA) is 34.0 Å². The number of benzene rings is 1. The second-order valence-electron chi connectivity index (χ2n) is 4.98. The Morgan fingerprint density at radius 1 is 1.24 bits per heavy atom. The molecule has 3 rings (SSSR count). The van der Waals surface area contributed by atoms with E-state index in [1.807, 2.05) is 36.4 Å². The number of aromatic nitrogens is 1. The molecule has 1 N–H and O–H groups in total. The van der Waals surface area contributed by atoms with Gasteiger partial charge < -0.3 is 9.88 Å². The maximum absolute atomic E-state index is 12.1. The summed E-state index contributed by atoms with van der Waals surface area (Å²) in [6, 6.07) is 13.5. The molecule has 0 saturated heterocycles. The molecule has 3 nitrogen and oxygen atoms in total. The van der Waals surface area contributed by atoms with Gasteiger partial charge >= 0.3 is 0 Å². The van der Waals surface area contributed by atoms with Crippen LogP contribution in [0, 0.1) is 0 Å². The van der Waals surface area contributed by atoms with Crippen molar-refractivity contribution in [3.8, 4) is 0 Å². The van der Waals surface area contributed by atoms with Gasteiger partial charge in [0.25, 0.3) is 5.56 Å². The molecule has 1 atom stereocenters. The first-order valence-electron chi connectivity index (χ1n) is 6.67. The van der Waals surface area contributed by atoms with Crippen molar-refractivity contribution in [2.75, 3.05) is 5.32 Å². The Labute approximate surface area is 131 Å². The molecule has 5 heteroatoms. The minimum Gasteiger partial charge on any atom is -0.377 e. The molecule has 0 spiro atoms. The normalized spacial score (nSPS) is 12.5. The lowest BCUT2D eigenvalue weighted by Gasteiger charge is -2.16. The van der Waals surface area contributed by atoms with Gasteiger partial charge in [-0.25, -0.2) is 0 Å². The number of nitrogens with one attached hydrogen (secondary N) is 1. The van der Waals surface area contributed by atoms with Crippen molar-refractivity contribution in [3.05, 3.63) is 62.0 Å². The number of pyridine rings is 1. The van der Waals surface area contributed by atoms with Gasteiger partial charge in [0.1, 0.15) is 0 Å². The number of halogens is 1. The van der Waals surface area contributed by atoms with Crippen molar-refractivity contribution in [3.63, 3.8) is 0 Å². The Morgan fingerprint density at radius 2 is 2.00 bits per heavy atom. The van der Waals surface area contributed by atoms with Crippen LogP contribution in [0.3, 0.4) is 0 Å². The van der Waals surface area contributed by atoms with E-state index in [0.717, 1.165) is 25.8 Å². The lowest BCUT2D eigenvalue weighted by Crippen LogP contribution is -2.18. The van der Waals surface area contributed by atoms with Crippen molar-refractivity contribution >= 4 is 39.5 Å². The third-order valence-electron chi connectivity index (χ3n) is 3.55. The van der Waals surface area contributed by atoms with Crippen molar-refractivity contribution in [2.24, 2.45) is 7.05 Å². The van der Waals surface area contributed by atoms with E-state index in [2.05, 4.69) is 12.2 Å². The van der Waals surface area contributed by atoms with Crippen LogP contribution in [0.2, 0.25) is 4.34 Å². The molecule has 3 aromatic rings. The van der Waals surface area contributed by atoms with Gasteiger partial charge in [0, 0.05) is 29.1 Å². The molecule has 0 aliphatic rings. The number of thiophene rings is 1. The molecule has 2 aromatic heterocycles. The molecule has 108 valence electrons. The first-order valence-corrected chi connectivity index (χ1v) is 7.86. The van der Waals surface area contributed by atoms with Crippen molar-refractivity contribution < 1.29 is 0 Å². The number of fused-ring (bicyclic) bond motifs is 1. The fraction of sp³-hybridized carbons (Fsp3) is 0.188. The first-order chi connectivity index (χ1) is 10.1. The summed E-state index contributed by atoms with van der Waals surface area (Å²) in [5, 5.41) is 4.46. The maximum Gasteiger partial charge on any atom is 0.252 e. The molecular formula is C16H15ClN2OS. The van der Waals surface area contributed by atoms with E-state index in [1.54, 1.807) is 29.0 Å². The van der Waals surface area contributed by atoms with E-state index in [0.29, 0.717) is 0 Å². The summed E-state index contributed by atoms with van der Waals surface area (Å²) < 4.78 is 2.43. The van der Waals surface area contributed by atoms with E-state index in [1.165, 1.54) is 0 Å². The Hall–Kier alpha value is -1.78.